The quantitative estimate of drug-likeness (QED) is 0.661. The Morgan fingerprint density at radius 3 is 2.62 bits per heavy atom. The zero-order chi connectivity index (χ0) is 21.0. The van der Waals surface area contributed by atoms with Crippen LogP contribution in [0, 0.1) is 0 Å². The first-order chi connectivity index (χ1) is 14.0. The van der Waals surface area contributed by atoms with Crippen molar-refractivity contribution in [2.24, 2.45) is 7.05 Å². The van der Waals surface area contributed by atoms with Crippen LogP contribution < -0.4 is 9.47 Å². The van der Waals surface area contributed by atoms with Crippen LogP contribution in [0.1, 0.15) is 40.7 Å². The van der Waals surface area contributed by atoms with Gasteiger partial charge in [-0.1, -0.05) is 6.07 Å². The van der Waals surface area contributed by atoms with Crippen LogP contribution in [0.3, 0.4) is 0 Å². The smallest absolute Gasteiger partial charge is 0.359 e. The molecule has 0 bridgehead atoms. The lowest BCUT2D eigenvalue weighted by atomic mass is 10.0. The standard InChI is InChI=1S/C21H27N3O5/c1-5-29-21(26)20-15-13-24(11-10-16(15)23(2)22-20)19(25)9-7-14-6-8-17(27-3)18(12-14)28-4/h6,8,12H,5,7,9-11,13H2,1-4H3. The lowest BCUT2D eigenvalue weighted by Crippen LogP contribution is -2.36. The van der Waals surface area contributed by atoms with Crippen LogP contribution in [0.2, 0.25) is 0 Å². The Kier molecular flexibility index (Phi) is 6.41. The summed E-state index contributed by atoms with van der Waals surface area (Å²) < 4.78 is 17.4. The van der Waals surface area contributed by atoms with Gasteiger partial charge >= 0.3 is 5.97 Å². The summed E-state index contributed by atoms with van der Waals surface area (Å²) in [6, 6.07) is 5.66. The van der Waals surface area contributed by atoms with Gasteiger partial charge in [0, 0.05) is 44.2 Å². The molecule has 0 fully saturated rings. The fourth-order valence-corrected chi connectivity index (χ4v) is 3.61. The van der Waals surface area contributed by atoms with E-state index in [9.17, 15) is 9.59 Å². The highest BCUT2D eigenvalue weighted by Gasteiger charge is 2.29. The maximum Gasteiger partial charge on any atom is 0.359 e. The Morgan fingerprint density at radius 1 is 1.17 bits per heavy atom. The molecule has 0 spiro atoms. The van der Waals surface area contributed by atoms with Crippen molar-refractivity contribution < 1.29 is 23.8 Å². The van der Waals surface area contributed by atoms with E-state index in [2.05, 4.69) is 5.10 Å². The minimum Gasteiger partial charge on any atom is -0.493 e. The zero-order valence-electron chi connectivity index (χ0n) is 17.4. The molecule has 2 aromatic rings. The molecule has 0 radical (unpaired) electrons. The normalized spacial score (nSPS) is 13.0. The third-order valence-corrected chi connectivity index (χ3v) is 5.14. The van der Waals surface area contributed by atoms with Crippen molar-refractivity contribution in [2.45, 2.75) is 32.7 Å². The van der Waals surface area contributed by atoms with Crippen molar-refractivity contribution >= 4 is 11.9 Å². The SMILES string of the molecule is CCOC(=O)c1nn(C)c2c1CN(C(=O)CCc1ccc(OC)c(OC)c1)CC2. The van der Waals surface area contributed by atoms with E-state index in [1.54, 1.807) is 30.7 Å². The number of hydrogen-bond donors (Lipinski definition) is 0. The number of methoxy groups -OCH3 is 2. The fraction of sp³-hybridized carbons (Fsp3) is 0.476. The lowest BCUT2D eigenvalue weighted by Gasteiger charge is -2.27. The van der Waals surface area contributed by atoms with Crippen molar-refractivity contribution in [3.63, 3.8) is 0 Å². The number of ether oxygens (including phenoxy) is 3. The third-order valence-electron chi connectivity index (χ3n) is 5.14. The minimum absolute atomic E-state index is 0.0455. The highest BCUT2D eigenvalue weighted by Crippen LogP contribution is 2.28. The van der Waals surface area contributed by atoms with Gasteiger partial charge in [-0.25, -0.2) is 4.79 Å². The number of carbonyl (C=O) groups is 2. The van der Waals surface area contributed by atoms with Crippen LogP contribution in [0.15, 0.2) is 18.2 Å². The predicted molar refractivity (Wildman–Crippen MR) is 106 cm³/mol. The van der Waals surface area contributed by atoms with Gasteiger partial charge in [0.05, 0.1) is 20.8 Å². The lowest BCUT2D eigenvalue weighted by molar-refractivity contribution is -0.132. The van der Waals surface area contributed by atoms with E-state index in [0.717, 1.165) is 16.8 Å². The summed E-state index contributed by atoms with van der Waals surface area (Å²) in [5.74, 6) is 0.914. The van der Waals surface area contributed by atoms with E-state index in [-0.39, 0.29) is 12.5 Å². The molecule has 0 aliphatic carbocycles. The van der Waals surface area contributed by atoms with E-state index in [1.807, 2.05) is 25.2 Å². The maximum atomic E-state index is 12.8. The summed E-state index contributed by atoms with van der Waals surface area (Å²) in [6.07, 6.45) is 1.64. The Bertz CT molecular complexity index is 906. The van der Waals surface area contributed by atoms with Crippen molar-refractivity contribution in [1.29, 1.82) is 0 Å². The van der Waals surface area contributed by atoms with Crippen LogP contribution in [-0.4, -0.2) is 53.9 Å². The second-order valence-corrected chi connectivity index (χ2v) is 6.87. The van der Waals surface area contributed by atoms with Gasteiger partial charge in [-0.15, -0.1) is 0 Å². The molecule has 2 heterocycles. The first-order valence-corrected chi connectivity index (χ1v) is 9.69. The Balaban J connectivity index is 1.67. The molecular formula is C21H27N3O5. The van der Waals surface area contributed by atoms with E-state index in [0.29, 0.717) is 49.5 Å². The Morgan fingerprint density at radius 2 is 1.93 bits per heavy atom. The molecule has 1 aromatic carbocycles. The number of benzene rings is 1. The number of aryl methyl sites for hydroxylation is 2. The van der Waals surface area contributed by atoms with E-state index >= 15 is 0 Å². The van der Waals surface area contributed by atoms with Crippen LogP contribution >= 0.6 is 0 Å². The molecule has 0 saturated heterocycles. The van der Waals surface area contributed by atoms with Gasteiger partial charge < -0.3 is 19.1 Å². The Hall–Kier alpha value is -3.03. The number of rotatable bonds is 7. The first-order valence-electron chi connectivity index (χ1n) is 9.69. The number of amides is 1. The summed E-state index contributed by atoms with van der Waals surface area (Å²) >= 11 is 0. The summed E-state index contributed by atoms with van der Waals surface area (Å²) in [5, 5.41) is 4.31. The first kappa shape index (κ1) is 20.7. The minimum atomic E-state index is -0.441. The molecule has 0 unspecified atom stereocenters. The molecule has 8 heteroatoms. The number of hydrogen-bond acceptors (Lipinski definition) is 6. The third kappa shape index (κ3) is 4.36. The van der Waals surface area contributed by atoms with Gasteiger partial charge in [-0.05, 0) is 31.0 Å². The Labute approximate surface area is 170 Å². The molecular weight excluding hydrogens is 374 g/mol. The summed E-state index contributed by atoms with van der Waals surface area (Å²) in [4.78, 5) is 26.8. The zero-order valence-corrected chi connectivity index (χ0v) is 17.4. The molecule has 0 atom stereocenters. The summed E-state index contributed by atoms with van der Waals surface area (Å²) in [5.41, 5.74) is 3.08. The van der Waals surface area contributed by atoms with Crippen LogP contribution in [-0.2, 0) is 36.0 Å². The van der Waals surface area contributed by atoms with E-state index in [1.165, 1.54) is 0 Å². The highest BCUT2D eigenvalue weighted by atomic mass is 16.5. The molecule has 1 aliphatic rings. The van der Waals surface area contributed by atoms with Crippen LogP contribution in [0.4, 0.5) is 0 Å². The van der Waals surface area contributed by atoms with E-state index < -0.39 is 5.97 Å². The highest BCUT2D eigenvalue weighted by molar-refractivity contribution is 5.89. The van der Waals surface area contributed by atoms with Gasteiger partial charge in [0.15, 0.2) is 17.2 Å². The molecule has 29 heavy (non-hydrogen) atoms. The van der Waals surface area contributed by atoms with Crippen molar-refractivity contribution in [2.75, 3.05) is 27.4 Å². The number of fused-ring (bicyclic) bond motifs is 1. The maximum absolute atomic E-state index is 12.8. The molecule has 0 N–H and O–H groups in total. The fourth-order valence-electron chi connectivity index (χ4n) is 3.61. The number of carbonyl (C=O) groups excluding carboxylic acids is 2. The topological polar surface area (TPSA) is 82.9 Å². The molecule has 1 aliphatic heterocycles. The van der Waals surface area contributed by atoms with Gasteiger partial charge in [0.25, 0.3) is 0 Å². The average molecular weight is 401 g/mol. The molecule has 3 rings (SSSR count). The van der Waals surface area contributed by atoms with Crippen LogP contribution in [0.25, 0.3) is 0 Å². The average Bonchev–Trinajstić information content (AvgIpc) is 3.08. The molecule has 156 valence electrons. The van der Waals surface area contributed by atoms with Crippen LogP contribution in [0.5, 0.6) is 11.5 Å². The molecule has 0 saturated carbocycles. The van der Waals surface area contributed by atoms with Gasteiger partial charge in [-0.3, -0.25) is 9.48 Å². The van der Waals surface area contributed by atoms with Crippen molar-refractivity contribution in [3.8, 4) is 11.5 Å². The van der Waals surface area contributed by atoms with Gasteiger partial charge in [0.1, 0.15) is 0 Å². The van der Waals surface area contributed by atoms with Gasteiger partial charge in [0.2, 0.25) is 5.91 Å². The molecule has 1 amide bonds. The second kappa shape index (κ2) is 8.98. The largest absolute Gasteiger partial charge is 0.493 e. The number of aromatic nitrogens is 2. The predicted octanol–water partition coefficient (Wildman–Crippen LogP) is 2.13. The van der Waals surface area contributed by atoms with Gasteiger partial charge in [-0.2, -0.15) is 5.10 Å². The van der Waals surface area contributed by atoms with Crippen molar-refractivity contribution in [1.82, 2.24) is 14.7 Å². The number of esters is 1. The molecule has 1 aromatic heterocycles. The second-order valence-electron chi connectivity index (χ2n) is 6.87. The monoisotopic (exact) mass is 401 g/mol. The number of nitrogens with zero attached hydrogens (tertiary/aromatic N) is 3. The summed E-state index contributed by atoms with van der Waals surface area (Å²) in [7, 11) is 5.00. The van der Waals surface area contributed by atoms with Crippen molar-refractivity contribution in [3.05, 3.63) is 40.7 Å². The summed E-state index contributed by atoms with van der Waals surface area (Å²) in [6.45, 7) is 3.04. The van der Waals surface area contributed by atoms with E-state index in [4.69, 9.17) is 14.2 Å². The molecule has 8 nitrogen and oxygen atoms in total.